The molecule has 0 N–H and O–H groups in total. The van der Waals surface area contributed by atoms with E-state index in [0.29, 0.717) is 0 Å². The van der Waals surface area contributed by atoms with Crippen molar-refractivity contribution in [2.45, 2.75) is 89.2 Å². The number of nitrogens with zero attached hydrogens (tertiary/aromatic N) is 1. The molecule has 0 aromatic rings. The Balaban J connectivity index is 1.76. The molecule has 0 spiro atoms. The summed E-state index contributed by atoms with van der Waals surface area (Å²) in [5, 5.41) is 0. The van der Waals surface area contributed by atoms with Crippen molar-refractivity contribution in [2.24, 2.45) is 10.9 Å². The van der Waals surface area contributed by atoms with Gasteiger partial charge in [-0.05, 0) is 45.4 Å². The molecular formula is C19H30NO3. The first-order valence-electron chi connectivity index (χ1n) is 9.27. The van der Waals surface area contributed by atoms with Gasteiger partial charge in [-0.1, -0.05) is 38.5 Å². The molecule has 0 heterocycles. The van der Waals surface area contributed by atoms with Crippen molar-refractivity contribution in [3.63, 3.8) is 0 Å². The summed E-state index contributed by atoms with van der Waals surface area (Å²) in [6, 6.07) is -0.678. The number of hydrogen-bond donors (Lipinski definition) is 0. The van der Waals surface area contributed by atoms with Crippen LogP contribution in [0.2, 0.25) is 0 Å². The van der Waals surface area contributed by atoms with Crippen LogP contribution >= 0.6 is 0 Å². The van der Waals surface area contributed by atoms with Gasteiger partial charge in [0.2, 0.25) is 0 Å². The fourth-order valence-electron chi connectivity index (χ4n) is 3.61. The highest BCUT2D eigenvalue weighted by Crippen LogP contribution is 2.25. The summed E-state index contributed by atoms with van der Waals surface area (Å²) in [5.74, 6) is -0.287. The summed E-state index contributed by atoms with van der Waals surface area (Å²) in [5.41, 5.74) is 0. The zero-order valence-electron chi connectivity index (χ0n) is 14.2. The molecule has 4 heteroatoms. The van der Waals surface area contributed by atoms with Crippen molar-refractivity contribution in [3.8, 4) is 0 Å². The van der Waals surface area contributed by atoms with Gasteiger partial charge in [0.25, 0.3) is 0 Å². The molecule has 0 aromatic carbocycles. The van der Waals surface area contributed by atoms with Crippen LogP contribution in [0.3, 0.4) is 0 Å². The predicted molar refractivity (Wildman–Crippen MR) is 91.4 cm³/mol. The van der Waals surface area contributed by atoms with Crippen molar-refractivity contribution < 1.29 is 14.3 Å². The van der Waals surface area contributed by atoms with Crippen LogP contribution in [0.15, 0.2) is 4.99 Å². The molecule has 0 unspecified atom stereocenters. The van der Waals surface area contributed by atoms with Gasteiger partial charge in [-0.2, -0.15) is 0 Å². The molecule has 23 heavy (non-hydrogen) atoms. The third-order valence-electron chi connectivity index (χ3n) is 5.03. The number of esters is 1. The van der Waals surface area contributed by atoms with E-state index < -0.39 is 12.0 Å². The van der Waals surface area contributed by atoms with E-state index >= 15 is 0 Å². The second kappa shape index (κ2) is 9.84. The summed E-state index contributed by atoms with van der Waals surface area (Å²) in [4.78, 5) is 28.2. The molecule has 0 bridgehead atoms. The minimum Gasteiger partial charge on any atom is -0.458 e. The summed E-state index contributed by atoms with van der Waals surface area (Å²) in [7, 11) is 0. The SMILES string of the molecule is [CH2][C@H](N=CC(=O)OC1CCCCCCC1)C(=O)C1CCCCC1. The first-order chi connectivity index (χ1) is 11.2. The molecule has 1 radical (unpaired) electrons. The molecular weight excluding hydrogens is 290 g/mol. The van der Waals surface area contributed by atoms with Crippen LogP contribution in [0.4, 0.5) is 0 Å². The van der Waals surface area contributed by atoms with E-state index in [9.17, 15) is 9.59 Å². The average Bonchev–Trinajstić information content (AvgIpc) is 2.55. The lowest BCUT2D eigenvalue weighted by Crippen LogP contribution is -2.27. The second-order valence-electron chi connectivity index (χ2n) is 6.94. The summed E-state index contributed by atoms with van der Waals surface area (Å²) < 4.78 is 5.48. The largest absolute Gasteiger partial charge is 0.458 e. The highest BCUT2D eigenvalue weighted by molar-refractivity contribution is 6.23. The number of Topliss-reactive ketones (excluding diaryl/α,β-unsaturated/α-hetero) is 1. The van der Waals surface area contributed by atoms with Crippen LogP contribution in [-0.4, -0.2) is 30.1 Å². The van der Waals surface area contributed by atoms with E-state index in [1.807, 2.05) is 0 Å². The van der Waals surface area contributed by atoms with Crippen LogP contribution in [-0.2, 0) is 14.3 Å². The van der Waals surface area contributed by atoms with Gasteiger partial charge in [0.15, 0.2) is 5.78 Å². The normalized spacial score (nSPS) is 23.2. The fourth-order valence-corrected chi connectivity index (χ4v) is 3.61. The quantitative estimate of drug-likeness (QED) is 0.567. The topological polar surface area (TPSA) is 55.7 Å². The average molecular weight is 320 g/mol. The standard InChI is InChI=1S/C19H30NO3/c1-15(19(22)16-10-6-5-7-11-16)20-14-18(21)23-17-12-8-3-2-4-9-13-17/h14-17H,1-13H2/t15-/m0/s1. The van der Waals surface area contributed by atoms with Crippen molar-refractivity contribution in [1.82, 2.24) is 0 Å². The first kappa shape index (κ1) is 18.2. The highest BCUT2D eigenvalue weighted by Gasteiger charge is 2.25. The van der Waals surface area contributed by atoms with Crippen LogP contribution in [0, 0.1) is 12.8 Å². The number of ether oxygens (including phenoxy) is 1. The van der Waals surface area contributed by atoms with Gasteiger partial charge in [-0.25, -0.2) is 4.79 Å². The number of aliphatic imine (C=N–C) groups is 1. The number of carbonyl (C=O) groups is 2. The van der Waals surface area contributed by atoms with Crippen LogP contribution in [0.5, 0.6) is 0 Å². The minimum atomic E-state index is -0.678. The molecule has 0 amide bonds. The minimum absolute atomic E-state index is 0.00608. The second-order valence-corrected chi connectivity index (χ2v) is 6.94. The molecule has 129 valence electrons. The van der Waals surface area contributed by atoms with Gasteiger partial charge in [0.05, 0.1) is 0 Å². The molecule has 2 rings (SSSR count). The Hall–Kier alpha value is -1.19. The van der Waals surface area contributed by atoms with Crippen LogP contribution in [0.25, 0.3) is 0 Å². The van der Waals surface area contributed by atoms with Gasteiger partial charge >= 0.3 is 5.97 Å². The maximum Gasteiger partial charge on any atom is 0.349 e. The Labute approximate surface area is 140 Å². The number of hydrogen-bond acceptors (Lipinski definition) is 4. The predicted octanol–water partition coefficient (Wildman–Crippen LogP) is 4.07. The smallest absolute Gasteiger partial charge is 0.349 e. The molecule has 1 atom stereocenters. The van der Waals surface area contributed by atoms with E-state index in [-0.39, 0.29) is 17.8 Å². The van der Waals surface area contributed by atoms with Gasteiger partial charge < -0.3 is 4.74 Å². The molecule has 4 nitrogen and oxygen atoms in total. The Morgan fingerprint density at radius 1 is 0.913 bits per heavy atom. The molecule has 0 saturated heterocycles. The zero-order valence-corrected chi connectivity index (χ0v) is 14.2. The van der Waals surface area contributed by atoms with E-state index in [4.69, 9.17) is 4.74 Å². The van der Waals surface area contributed by atoms with Gasteiger partial charge in [0, 0.05) is 5.92 Å². The first-order valence-corrected chi connectivity index (χ1v) is 9.27. The highest BCUT2D eigenvalue weighted by atomic mass is 16.5. The Bertz CT molecular complexity index is 405. The van der Waals surface area contributed by atoms with E-state index in [2.05, 4.69) is 11.9 Å². The number of ketones is 1. The third-order valence-corrected chi connectivity index (χ3v) is 5.03. The molecule has 0 aromatic heterocycles. The fraction of sp³-hybridized carbons (Fsp3) is 0.789. The molecule has 2 aliphatic rings. The van der Waals surface area contributed by atoms with Gasteiger partial charge in [-0.3, -0.25) is 9.79 Å². The van der Waals surface area contributed by atoms with E-state index in [0.717, 1.165) is 57.6 Å². The molecule has 2 fully saturated rings. The van der Waals surface area contributed by atoms with E-state index in [1.54, 1.807) is 0 Å². The Kier molecular flexibility index (Phi) is 7.77. The lowest BCUT2D eigenvalue weighted by atomic mass is 9.84. The maximum absolute atomic E-state index is 12.3. The Morgan fingerprint density at radius 3 is 2.09 bits per heavy atom. The van der Waals surface area contributed by atoms with E-state index in [1.165, 1.54) is 25.7 Å². The van der Waals surface area contributed by atoms with Crippen LogP contribution < -0.4 is 0 Å². The van der Waals surface area contributed by atoms with Crippen LogP contribution in [0.1, 0.15) is 77.0 Å². The molecule has 2 saturated carbocycles. The van der Waals surface area contributed by atoms with Gasteiger partial charge in [0.1, 0.15) is 18.4 Å². The lowest BCUT2D eigenvalue weighted by molar-refractivity contribution is -0.141. The van der Waals surface area contributed by atoms with Crippen molar-refractivity contribution in [2.75, 3.05) is 0 Å². The van der Waals surface area contributed by atoms with Gasteiger partial charge in [-0.15, -0.1) is 0 Å². The lowest BCUT2D eigenvalue weighted by Gasteiger charge is -2.22. The zero-order chi connectivity index (χ0) is 16.5. The summed E-state index contributed by atoms with van der Waals surface area (Å²) in [6.45, 7) is 3.80. The summed E-state index contributed by atoms with van der Waals surface area (Å²) >= 11 is 0. The van der Waals surface area contributed by atoms with Crippen molar-refractivity contribution in [3.05, 3.63) is 6.92 Å². The number of rotatable bonds is 5. The Morgan fingerprint density at radius 2 is 1.43 bits per heavy atom. The third kappa shape index (κ3) is 6.44. The summed E-state index contributed by atoms with van der Waals surface area (Å²) in [6.07, 6.45) is 14.3. The van der Waals surface area contributed by atoms with Crippen molar-refractivity contribution >= 4 is 18.0 Å². The molecule has 0 aliphatic heterocycles. The number of carbonyl (C=O) groups excluding carboxylic acids is 2. The van der Waals surface area contributed by atoms with Crippen molar-refractivity contribution in [1.29, 1.82) is 0 Å². The molecule has 2 aliphatic carbocycles. The monoisotopic (exact) mass is 320 g/mol. The maximum atomic E-state index is 12.3.